The summed E-state index contributed by atoms with van der Waals surface area (Å²) in [6.07, 6.45) is 3.74. The van der Waals surface area contributed by atoms with Crippen molar-refractivity contribution in [2.75, 3.05) is 0 Å². The zero-order valence-corrected chi connectivity index (χ0v) is 9.49. The molecule has 2 N–H and O–H groups in total. The number of hydrogen-bond acceptors (Lipinski definition) is 2. The van der Waals surface area contributed by atoms with Crippen LogP contribution in [0.3, 0.4) is 0 Å². The molecule has 17 heavy (non-hydrogen) atoms. The molecule has 2 aromatic rings. The first-order chi connectivity index (χ1) is 8.40. The van der Waals surface area contributed by atoms with Gasteiger partial charge < -0.3 is 0 Å². The molecular weight excluding hydrogens is 210 g/mol. The van der Waals surface area contributed by atoms with Gasteiger partial charge in [0.15, 0.2) is 0 Å². The van der Waals surface area contributed by atoms with Crippen LogP contribution in [0.15, 0.2) is 66.7 Å². The molecule has 1 atom stereocenters. The number of rotatable bonds is 4. The van der Waals surface area contributed by atoms with Gasteiger partial charge in [0, 0.05) is 0 Å². The maximum atomic E-state index is 5.32. The van der Waals surface area contributed by atoms with Crippen LogP contribution < -0.4 is 5.90 Å². The van der Waals surface area contributed by atoms with Crippen molar-refractivity contribution in [1.82, 2.24) is 0 Å². The molecule has 0 saturated heterocycles. The fourth-order valence-corrected chi connectivity index (χ4v) is 1.64. The van der Waals surface area contributed by atoms with Gasteiger partial charge in [0.05, 0.1) is 0 Å². The summed E-state index contributed by atoms with van der Waals surface area (Å²) in [6.45, 7) is 0. The summed E-state index contributed by atoms with van der Waals surface area (Å²) in [7, 11) is 0. The standard InChI is InChI=1S/C15H15NO/c16-17-15(14-9-5-2-6-10-14)12-11-13-7-3-1-4-8-13/h1-12,15H,16H2/b12-11+. The molecule has 0 aliphatic heterocycles. The summed E-state index contributed by atoms with van der Waals surface area (Å²) >= 11 is 0. The van der Waals surface area contributed by atoms with Gasteiger partial charge >= 0.3 is 0 Å². The van der Waals surface area contributed by atoms with E-state index in [9.17, 15) is 0 Å². The number of benzene rings is 2. The first-order valence-electron chi connectivity index (χ1n) is 5.54. The smallest absolute Gasteiger partial charge is 0.122 e. The van der Waals surface area contributed by atoms with Gasteiger partial charge in [-0.25, -0.2) is 5.90 Å². The maximum absolute atomic E-state index is 5.32. The van der Waals surface area contributed by atoms with Crippen LogP contribution in [0, 0.1) is 0 Å². The van der Waals surface area contributed by atoms with Crippen molar-refractivity contribution in [3.8, 4) is 0 Å². The second-order valence-corrected chi connectivity index (χ2v) is 3.74. The summed E-state index contributed by atoms with van der Waals surface area (Å²) in [4.78, 5) is 4.97. The molecule has 86 valence electrons. The van der Waals surface area contributed by atoms with Gasteiger partial charge in [0.2, 0.25) is 0 Å². The van der Waals surface area contributed by atoms with Crippen LogP contribution in [0.4, 0.5) is 0 Å². The van der Waals surface area contributed by atoms with Crippen LogP contribution in [-0.2, 0) is 4.84 Å². The molecule has 0 saturated carbocycles. The molecule has 0 heterocycles. The predicted octanol–water partition coefficient (Wildman–Crippen LogP) is 3.33. The Balaban J connectivity index is 2.14. The second kappa shape index (κ2) is 5.99. The molecule has 2 heteroatoms. The Labute approximate surface area is 101 Å². The number of nitrogens with two attached hydrogens (primary N) is 1. The molecule has 0 radical (unpaired) electrons. The molecule has 2 rings (SSSR count). The summed E-state index contributed by atoms with van der Waals surface area (Å²) in [5.41, 5.74) is 2.17. The van der Waals surface area contributed by atoms with E-state index >= 15 is 0 Å². The van der Waals surface area contributed by atoms with Gasteiger partial charge in [0.25, 0.3) is 0 Å². The summed E-state index contributed by atoms with van der Waals surface area (Å²) in [5, 5.41) is 0. The second-order valence-electron chi connectivity index (χ2n) is 3.74. The van der Waals surface area contributed by atoms with Crippen molar-refractivity contribution in [3.63, 3.8) is 0 Å². The van der Waals surface area contributed by atoms with Crippen LogP contribution in [-0.4, -0.2) is 0 Å². The average molecular weight is 225 g/mol. The summed E-state index contributed by atoms with van der Waals surface area (Å²) in [5.74, 6) is 5.32. The molecule has 1 unspecified atom stereocenters. The van der Waals surface area contributed by atoms with Gasteiger partial charge in [0.1, 0.15) is 6.10 Å². The van der Waals surface area contributed by atoms with Crippen molar-refractivity contribution in [1.29, 1.82) is 0 Å². The SMILES string of the molecule is NOC(/C=C/c1ccccc1)c1ccccc1. The summed E-state index contributed by atoms with van der Waals surface area (Å²) in [6, 6.07) is 20.0. The average Bonchev–Trinajstić information content (AvgIpc) is 2.42. The molecule has 2 aromatic carbocycles. The van der Waals surface area contributed by atoms with Crippen LogP contribution in [0.5, 0.6) is 0 Å². The van der Waals surface area contributed by atoms with Gasteiger partial charge in [-0.3, -0.25) is 4.84 Å². The highest BCUT2D eigenvalue weighted by molar-refractivity contribution is 5.50. The maximum Gasteiger partial charge on any atom is 0.122 e. The van der Waals surface area contributed by atoms with E-state index < -0.39 is 0 Å². The quantitative estimate of drug-likeness (QED) is 0.810. The highest BCUT2D eigenvalue weighted by Crippen LogP contribution is 2.17. The van der Waals surface area contributed by atoms with Gasteiger partial charge in [-0.1, -0.05) is 66.7 Å². The van der Waals surface area contributed by atoms with Crippen LogP contribution >= 0.6 is 0 Å². The highest BCUT2D eigenvalue weighted by Gasteiger charge is 2.05. The summed E-state index contributed by atoms with van der Waals surface area (Å²) < 4.78 is 0. The van der Waals surface area contributed by atoms with E-state index in [-0.39, 0.29) is 6.10 Å². The van der Waals surface area contributed by atoms with Gasteiger partial charge in [-0.15, -0.1) is 0 Å². The first-order valence-corrected chi connectivity index (χ1v) is 5.54. The predicted molar refractivity (Wildman–Crippen MR) is 69.9 cm³/mol. The molecular formula is C15H15NO. The first kappa shape index (κ1) is 11.6. The lowest BCUT2D eigenvalue weighted by molar-refractivity contribution is 0.0873. The van der Waals surface area contributed by atoms with Gasteiger partial charge in [-0.2, -0.15) is 0 Å². The minimum absolute atomic E-state index is 0.212. The normalized spacial score (nSPS) is 12.8. The molecule has 0 aliphatic carbocycles. The highest BCUT2D eigenvalue weighted by atomic mass is 16.6. The van der Waals surface area contributed by atoms with E-state index in [4.69, 9.17) is 10.7 Å². The Morgan fingerprint density at radius 1 is 0.882 bits per heavy atom. The Morgan fingerprint density at radius 2 is 1.47 bits per heavy atom. The van der Waals surface area contributed by atoms with Crippen molar-refractivity contribution in [2.45, 2.75) is 6.10 Å². The number of hydrogen-bond donors (Lipinski definition) is 1. The van der Waals surface area contributed by atoms with E-state index in [1.165, 1.54) is 0 Å². The van der Waals surface area contributed by atoms with Crippen LogP contribution in [0.25, 0.3) is 6.08 Å². The third-order valence-electron chi connectivity index (χ3n) is 2.54. The molecule has 0 bridgehead atoms. The Hall–Kier alpha value is -1.90. The minimum Gasteiger partial charge on any atom is -0.292 e. The van der Waals surface area contributed by atoms with E-state index in [1.54, 1.807) is 0 Å². The van der Waals surface area contributed by atoms with E-state index in [1.807, 2.05) is 72.8 Å². The van der Waals surface area contributed by atoms with Crippen molar-refractivity contribution in [2.24, 2.45) is 5.90 Å². The van der Waals surface area contributed by atoms with E-state index in [0.29, 0.717) is 0 Å². The molecule has 0 aromatic heterocycles. The Kier molecular flexibility index (Phi) is 4.08. The lowest BCUT2D eigenvalue weighted by atomic mass is 10.1. The van der Waals surface area contributed by atoms with Crippen molar-refractivity contribution < 1.29 is 4.84 Å². The molecule has 0 fully saturated rings. The third-order valence-corrected chi connectivity index (χ3v) is 2.54. The van der Waals surface area contributed by atoms with Crippen molar-refractivity contribution >= 4 is 6.08 Å². The molecule has 0 aliphatic rings. The molecule has 2 nitrogen and oxygen atoms in total. The topological polar surface area (TPSA) is 35.2 Å². The lowest BCUT2D eigenvalue weighted by Gasteiger charge is -2.09. The van der Waals surface area contributed by atoms with Crippen LogP contribution in [0.1, 0.15) is 17.2 Å². The lowest BCUT2D eigenvalue weighted by Crippen LogP contribution is -2.06. The van der Waals surface area contributed by atoms with E-state index in [0.717, 1.165) is 11.1 Å². The monoisotopic (exact) mass is 225 g/mol. The third kappa shape index (κ3) is 3.28. The molecule has 0 amide bonds. The zero-order valence-electron chi connectivity index (χ0n) is 9.49. The Bertz CT molecular complexity index is 465. The molecule has 0 spiro atoms. The van der Waals surface area contributed by atoms with E-state index in [2.05, 4.69) is 0 Å². The fraction of sp³-hybridized carbons (Fsp3) is 0.0667. The zero-order chi connectivity index (χ0) is 11.9. The van der Waals surface area contributed by atoms with Crippen LogP contribution in [0.2, 0.25) is 0 Å². The van der Waals surface area contributed by atoms with Gasteiger partial charge in [-0.05, 0) is 17.2 Å². The minimum atomic E-state index is -0.212. The Morgan fingerprint density at radius 3 is 2.06 bits per heavy atom. The fourth-order valence-electron chi connectivity index (χ4n) is 1.64. The van der Waals surface area contributed by atoms with Crippen molar-refractivity contribution in [3.05, 3.63) is 77.9 Å². The largest absolute Gasteiger partial charge is 0.292 e.